The van der Waals surface area contributed by atoms with Gasteiger partial charge in [-0.2, -0.15) is 0 Å². The van der Waals surface area contributed by atoms with E-state index in [1.165, 1.54) is 0 Å². The maximum absolute atomic E-state index is 13.9. The molecule has 0 amide bonds. The van der Waals surface area contributed by atoms with Crippen LogP contribution in [0.25, 0.3) is 0 Å². The second-order valence-corrected chi connectivity index (χ2v) is 15.4. The highest BCUT2D eigenvalue weighted by atomic mass is 16.7. The van der Waals surface area contributed by atoms with Crippen LogP contribution in [0, 0.1) is 39.9 Å². The van der Waals surface area contributed by atoms with Gasteiger partial charge in [0.05, 0.1) is 25.2 Å². The molecule has 0 aromatic rings. The Morgan fingerprint density at radius 3 is 2.00 bits per heavy atom. The Morgan fingerprint density at radius 1 is 0.733 bits per heavy atom. The molecular weight excluding hydrogens is 592 g/mol. The van der Waals surface area contributed by atoms with Gasteiger partial charge < -0.3 is 59.8 Å². The molecule has 1 spiro atoms. The predicted octanol–water partition coefficient (Wildman–Crippen LogP) is -0.825. The van der Waals surface area contributed by atoms with Crippen LogP contribution in [0.4, 0.5) is 0 Å². The lowest BCUT2D eigenvalue weighted by Crippen LogP contribution is -2.61. The van der Waals surface area contributed by atoms with Crippen molar-refractivity contribution in [1.82, 2.24) is 0 Å². The van der Waals surface area contributed by atoms with Crippen molar-refractivity contribution in [3.05, 3.63) is 0 Å². The van der Waals surface area contributed by atoms with E-state index in [1.807, 2.05) is 6.92 Å². The van der Waals surface area contributed by atoms with E-state index in [9.17, 15) is 45.6 Å². The molecule has 17 unspecified atom stereocenters. The van der Waals surface area contributed by atoms with Gasteiger partial charge >= 0.3 is 5.97 Å². The van der Waals surface area contributed by atoms with Crippen molar-refractivity contribution in [2.45, 2.75) is 133 Å². The lowest BCUT2D eigenvalue weighted by atomic mass is 9.41. The van der Waals surface area contributed by atoms with Gasteiger partial charge in [0.1, 0.15) is 48.8 Å². The van der Waals surface area contributed by atoms with Gasteiger partial charge in [0.25, 0.3) is 0 Å². The average molecular weight is 645 g/mol. The first-order valence-corrected chi connectivity index (χ1v) is 16.7. The van der Waals surface area contributed by atoms with Crippen LogP contribution >= 0.6 is 0 Å². The number of hydrogen-bond donors (Lipinski definition) is 8. The summed E-state index contributed by atoms with van der Waals surface area (Å²) in [6, 6.07) is 0. The fraction of sp³-hybridized carbons (Fsp3) is 0.969. The number of rotatable bonds is 7. The van der Waals surface area contributed by atoms with Gasteiger partial charge in [-0.25, -0.2) is 0 Å². The highest BCUT2D eigenvalue weighted by molar-refractivity contribution is 5.77. The number of carbonyl (C=O) groups excluding carboxylic acids is 1. The topological polar surface area (TPSA) is 216 Å². The molecule has 258 valence electrons. The molecule has 0 aromatic carbocycles. The van der Waals surface area contributed by atoms with Gasteiger partial charge in [-0.05, 0) is 92.8 Å². The van der Waals surface area contributed by atoms with E-state index in [4.69, 9.17) is 18.9 Å². The third kappa shape index (κ3) is 5.47. The molecule has 4 saturated carbocycles. The molecule has 2 aliphatic heterocycles. The molecule has 45 heavy (non-hydrogen) atoms. The summed E-state index contributed by atoms with van der Waals surface area (Å²) in [5.74, 6) is 0.598. The number of aliphatic hydroxyl groups is 8. The molecule has 4 aliphatic carbocycles. The zero-order chi connectivity index (χ0) is 32.5. The van der Waals surface area contributed by atoms with Crippen LogP contribution in [0.15, 0.2) is 0 Å². The Bertz CT molecular complexity index is 1070. The Labute approximate surface area is 263 Å². The van der Waals surface area contributed by atoms with Crippen molar-refractivity contribution in [3.63, 3.8) is 0 Å². The molecule has 2 saturated heterocycles. The summed E-state index contributed by atoms with van der Waals surface area (Å²) < 4.78 is 22.9. The quantitative estimate of drug-likeness (QED) is 0.159. The van der Waals surface area contributed by atoms with Gasteiger partial charge in [-0.3, -0.25) is 4.79 Å². The molecule has 0 radical (unpaired) electrons. The number of carbonyl (C=O) groups is 1. The smallest absolute Gasteiger partial charge is 0.314 e. The highest BCUT2D eigenvalue weighted by Gasteiger charge is 2.66. The molecule has 13 heteroatoms. The average Bonchev–Trinajstić information content (AvgIpc) is 3.28. The first-order chi connectivity index (χ1) is 21.3. The van der Waals surface area contributed by atoms with E-state index in [1.54, 1.807) is 0 Å². The summed E-state index contributed by atoms with van der Waals surface area (Å²) >= 11 is 0. The Hall–Kier alpha value is -0.970. The van der Waals surface area contributed by atoms with Crippen molar-refractivity contribution in [2.75, 3.05) is 19.8 Å². The predicted molar refractivity (Wildman–Crippen MR) is 154 cm³/mol. The first-order valence-electron chi connectivity index (χ1n) is 16.7. The summed E-state index contributed by atoms with van der Waals surface area (Å²) in [4.78, 5) is 13.9. The number of esters is 1. The van der Waals surface area contributed by atoms with Gasteiger partial charge in [0.2, 0.25) is 6.29 Å². The SMILES string of the molecule is CC1(C(=O)OC2OC(CO)C(O)C(O)C2O)CCCC2(C)C3CCC4CC3(CCC12)CC4COC1OC(CO)C(O)C(O)C1O. The lowest BCUT2D eigenvalue weighted by Gasteiger charge is -2.63. The van der Waals surface area contributed by atoms with Gasteiger partial charge in [-0.1, -0.05) is 13.3 Å². The van der Waals surface area contributed by atoms with Crippen LogP contribution < -0.4 is 0 Å². The fourth-order valence-electron chi connectivity index (χ4n) is 10.9. The molecule has 6 fully saturated rings. The summed E-state index contributed by atoms with van der Waals surface area (Å²) in [5, 5.41) is 80.7. The highest BCUT2D eigenvalue weighted by Crippen LogP contribution is 2.72. The fourth-order valence-corrected chi connectivity index (χ4v) is 10.9. The molecule has 6 aliphatic rings. The normalized spacial score (nSPS) is 54.6. The standard InChI is InChI=1S/C32H52O13/c1-30-7-3-8-31(2,29(41)45-28-26(40)24(38)22(36)18(13-34)44-28)19(30)6-9-32-10-15(4-5-20(30)32)16(11-32)14-42-27-25(39)23(37)21(35)17(12-33)43-27/h15-28,33-40H,3-14H2,1-2H3. The van der Waals surface area contributed by atoms with Crippen LogP contribution in [0.2, 0.25) is 0 Å². The minimum absolute atomic E-state index is 0.0349. The Balaban J connectivity index is 1.14. The Kier molecular flexibility index (Phi) is 9.41. The summed E-state index contributed by atoms with van der Waals surface area (Å²) in [6.07, 6.45) is -5.63. The lowest BCUT2D eigenvalue weighted by molar-refractivity contribution is -0.303. The molecule has 2 bridgehead atoms. The van der Waals surface area contributed by atoms with Crippen molar-refractivity contribution in [3.8, 4) is 0 Å². The third-order valence-electron chi connectivity index (χ3n) is 13.1. The number of fused-ring (bicyclic) bond motifs is 3. The number of hydrogen-bond acceptors (Lipinski definition) is 13. The van der Waals surface area contributed by atoms with Gasteiger partial charge in [0, 0.05) is 0 Å². The molecule has 2 heterocycles. The van der Waals surface area contributed by atoms with Crippen molar-refractivity contribution in [2.24, 2.45) is 39.9 Å². The minimum Gasteiger partial charge on any atom is -0.432 e. The molecule has 17 atom stereocenters. The summed E-state index contributed by atoms with van der Waals surface area (Å²) in [6.45, 7) is 3.49. The summed E-state index contributed by atoms with van der Waals surface area (Å²) in [5.41, 5.74) is -0.872. The Morgan fingerprint density at radius 2 is 1.36 bits per heavy atom. The van der Waals surface area contributed by atoms with Crippen molar-refractivity contribution in [1.29, 1.82) is 0 Å². The van der Waals surface area contributed by atoms with E-state index in [0.717, 1.165) is 51.4 Å². The van der Waals surface area contributed by atoms with Crippen molar-refractivity contribution >= 4 is 5.97 Å². The zero-order valence-corrected chi connectivity index (χ0v) is 26.2. The second kappa shape index (κ2) is 12.5. The second-order valence-electron chi connectivity index (χ2n) is 15.4. The number of ether oxygens (including phenoxy) is 4. The van der Waals surface area contributed by atoms with E-state index in [2.05, 4.69) is 6.92 Å². The van der Waals surface area contributed by atoms with Gasteiger partial charge in [-0.15, -0.1) is 0 Å². The first kappa shape index (κ1) is 33.9. The van der Waals surface area contributed by atoms with E-state index in [-0.39, 0.29) is 22.7 Å². The minimum atomic E-state index is -1.64. The van der Waals surface area contributed by atoms with Crippen LogP contribution in [0.5, 0.6) is 0 Å². The largest absolute Gasteiger partial charge is 0.432 e. The molecule has 13 nitrogen and oxygen atoms in total. The zero-order valence-electron chi connectivity index (χ0n) is 26.2. The van der Waals surface area contributed by atoms with Gasteiger partial charge in [0.15, 0.2) is 6.29 Å². The third-order valence-corrected chi connectivity index (χ3v) is 13.1. The van der Waals surface area contributed by atoms with E-state index < -0.39 is 86.0 Å². The van der Waals surface area contributed by atoms with Crippen LogP contribution in [0.1, 0.15) is 71.6 Å². The van der Waals surface area contributed by atoms with Crippen LogP contribution in [0.3, 0.4) is 0 Å². The van der Waals surface area contributed by atoms with E-state index in [0.29, 0.717) is 24.9 Å². The monoisotopic (exact) mass is 644 g/mol. The van der Waals surface area contributed by atoms with Crippen LogP contribution in [-0.2, 0) is 23.7 Å². The van der Waals surface area contributed by atoms with Crippen LogP contribution in [-0.4, -0.2) is 128 Å². The van der Waals surface area contributed by atoms with E-state index >= 15 is 0 Å². The maximum atomic E-state index is 13.9. The van der Waals surface area contributed by atoms with Crippen molar-refractivity contribution < 1.29 is 64.6 Å². The molecule has 6 rings (SSSR count). The summed E-state index contributed by atoms with van der Waals surface area (Å²) in [7, 11) is 0. The molecular formula is C32H52O13. The molecule has 8 N–H and O–H groups in total. The molecule has 0 aromatic heterocycles. The number of aliphatic hydroxyl groups excluding tert-OH is 8. The maximum Gasteiger partial charge on any atom is 0.314 e.